The lowest BCUT2D eigenvalue weighted by atomic mass is 10.2. The Balaban J connectivity index is 1.95. The van der Waals surface area contributed by atoms with Crippen molar-refractivity contribution in [3.8, 4) is 5.75 Å². The molecule has 0 saturated carbocycles. The van der Waals surface area contributed by atoms with E-state index in [1.54, 1.807) is 25.3 Å². The van der Waals surface area contributed by atoms with E-state index in [0.717, 1.165) is 37.3 Å². The number of carbonyl (C=O) groups is 1. The van der Waals surface area contributed by atoms with Gasteiger partial charge in [0.2, 0.25) is 0 Å². The molecule has 0 saturated heterocycles. The number of H-pyrrole nitrogens is 1. The average Bonchev–Trinajstić information content (AvgIpc) is 2.96. The average molecular weight is 484 g/mol. The van der Waals surface area contributed by atoms with Crippen LogP contribution >= 0.6 is 43.6 Å². The third kappa shape index (κ3) is 4.08. The van der Waals surface area contributed by atoms with Crippen LogP contribution in [-0.4, -0.2) is 28.2 Å². The molecule has 0 amide bonds. The molecule has 0 atom stereocenters. The summed E-state index contributed by atoms with van der Waals surface area (Å²) in [6, 6.07) is 11.1. The summed E-state index contributed by atoms with van der Waals surface area (Å²) in [6.07, 6.45) is 1.59. The molecule has 0 spiro atoms. The van der Waals surface area contributed by atoms with Gasteiger partial charge >= 0.3 is 5.97 Å². The van der Waals surface area contributed by atoms with E-state index in [9.17, 15) is 9.90 Å². The standard InChI is InChI=1S/C17H12Br2N2O3S/c1-24-15-10(18)6-9(7-11(15)19)8-14(16(22)23)25-17-20-12-4-2-3-5-13(12)21-17/h2-8H,1H3,(H,20,21)(H,22,23)/b14-8-. The molecule has 2 N–H and O–H groups in total. The number of carboxylic acid groups (broad SMARTS) is 1. The Kier molecular flexibility index (Phi) is 5.51. The van der Waals surface area contributed by atoms with Crippen molar-refractivity contribution in [3.63, 3.8) is 0 Å². The summed E-state index contributed by atoms with van der Waals surface area (Å²) in [5, 5.41) is 10.1. The summed E-state index contributed by atoms with van der Waals surface area (Å²) in [5.74, 6) is -0.368. The van der Waals surface area contributed by atoms with Gasteiger partial charge in [0.05, 0.1) is 27.1 Å². The Morgan fingerprint density at radius 2 is 1.96 bits per heavy atom. The molecular formula is C17H12Br2N2O3S. The SMILES string of the molecule is COc1c(Br)cc(/C=C(\Sc2nc3ccccc3[nH]2)C(=O)O)cc1Br. The summed E-state index contributed by atoms with van der Waals surface area (Å²) in [7, 11) is 1.57. The molecule has 0 fully saturated rings. The number of hydrogen-bond donors (Lipinski definition) is 2. The number of aromatic amines is 1. The number of benzene rings is 2. The molecule has 2 aromatic carbocycles. The van der Waals surface area contributed by atoms with Crippen LogP contribution in [0.4, 0.5) is 0 Å². The number of halogens is 2. The first kappa shape index (κ1) is 18.0. The van der Waals surface area contributed by atoms with Gasteiger partial charge in [0.1, 0.15) is 10.7 Å². The molecule has 0 unspecified atom stereocenters. The van der Waals surface area contributed by atoms with E-state index in [-0.39, 0.29) is 4.91 Å². The number of aromatic nitrogens is 2. The summed E-state index contributed by atoms with van der Waals surface area (Å²) >= 11 is 7.91. The van der Waals surface area contributed by atoms with Crippen molar-refractivity contribution in [1.82, 2.24) is 9.97 Å². The molecule has 1 aromatic heterocycles. The van der Waals surface area contributed by atoms with Gasteiger partial charge in [-0.1, -0.05) is 12.1 Å². The van der Waals surface area contributed by atoms with E-state index in [1.807, 2.05) is 24.3 Å². The predicted molar refractivity (Wildman–Crippen MR) is 106 cm³/mol. The van der Waals surface area contributed by atoms with Crippen molar-refractivity contribution in [3.05, 3.63) is 55.8 Å². The van der Waals surface area contributed by atoms with Crippen LogP contribution in [0, 0.1) is 0 Å². The first-order chi connectivity index (χ1) is 12.0. The van der Waals surface area contributed by atoms with E-state index in [1.165, 1.54) is 0 Å². The summed E-state index contributed by atoms with van der Waals surface area (Å²) < 4.78 is 6.72. The number of fused-ring (bicyclic) bond motifs is 1. The van der Waals surface area contributed by atoms with Crippen LogP contribution in [0.2, 0.25) is 0 Å². The van der Waals surface area contributed by atoms with E-state index in [2.05, 4.69) is 41.8 Å². The fourth-order valence-corrected chi connectivity index (χ4v) is 4.57. The highest BCUT2D eigenvalue weighted by Crippen LogP contribution is 2.36. The minimum Gasteiger partial charge on any atom is -0.494 e. The van der Waals surface area contributed by atoms with Crippen LogP contribution in [0.1, 0.15) is 5.56 Å². The Morgan fingerprint density at radius 1 is 1.28 bits per heavy atom. The first-order valence-electron chi connectivity index (χ1n) is 7.08. The summed E-state index contributed by atoms with van der Waals surface area (Å²) in [5.41, 5.74) is 2.38. The highest BCUT2D eigenvalue weighted by molar-refractivity contribution is 9.11. The Morgan fingerprint density at radius 3 is 2.56 bits per heavy atom. The number of nitrogens with zero attached hydrogens (tertiary/aromatic N) is 1. The third-order valence-corrected chi connectivity index (χ3v) is 5.38. The third-order valence-electron chi connectivity index (χ3n) is 3.31. The van der Waals surface area contributed by atoms with Crippen molar-refractivity contribution >= 4 is 66.7 Å². The predicted octanol–water partition coefficient (Wildman–Crippen LogP) is 5.31. The van der Waals surface area contributed by atoms with Gasteiger partial charge in [0.15, 0.2) is 5.16 Å². The van der Waals surface area contributed by atoms with Gasteiger partial charge in [0.25, 0.3) is 0 Å². The molecule has 0 bridgehead atoms. The van der Waals surface area contributed by atoms with Crippen LogP contribution in [0.15, 0.2) is 55.4 Å². The number of para-hydroxylation sites is 2. The Bertz CT molecular complexity index is 929. The number of nitrogens with one attached hydrogen (secondary N) is 1. The monoisotopic (exact) mass is 482 g/mol. The number of ether oxygens (including phenoxy) is 1. The Labute approximate surface area is 164 Å². The van der Waals surface area contributed by atoms with Gasteiger partial charge in [-0.3, -0.25) is 0 Å². The second-order valence-electron chi connectivity index (χ2n) is 4.99. The maximum Gasteiger partial charge on any atom is 0.342 e. The van der Waals surface area contributed by atoms with Gasteiger partial charge in [-0.05, 0) is 79.5 Å². The van der Waals surface area contributed by atoms with Crippen molar-refractivity contribution in [1.29, 1.82) is 0 Å². The van der Waals surface area contributed by atoms with Crippen LogP contribution in [0.25, 0.3) is 17.1 Å². The van der Waals surface area contributed by atoms with E-state index >= 15 is 0 Å². The molecule has 0 radical (unpaired) electrons. The zero-order valence-electron chi connectivity index (χ0n) is 12.9. The lowest BCUT2D eigenvalue weighted by molar-refractivity contribution is -0.131. The largest absolute Gasteiger partial charge is 0.494 e. The zero-order valence-corrected chi connectivity index (χ0v) is 16.9. The van der Waals surface area contributed by atoms with Gasteiger partial charge in [-0.2, -0.15) is 0 Å². The smallest absolute Gasteiger partial charge is 0.342 e. The lowest BCUT2D eigenvalue weighted by Crippen LogP contribution is -1.97. The number of thioether (sulfide) groups is 1. The molecule has 128 valence electrons. The molecule has 1 heterocycles. The quantitative estimate of drug-likeness (QED) is 0.379. The topological polar surface area (TPSA) is 75.2 Å². The van der Waals surface area contributed by atoms with Crippen molar-refractivity contribution < 1.29 is 14.6 Å². The molecular weight excluding hydrogens is 472 g/mol. The maximum absolute atomic E-state index is 11.6. The van der Waals surface area contributed by atoms with Crippen molar-refractivity contribution in [2.24, 2.45) is 0 Å². The van der Waals surface area contributed by atoms with Gasteiger partial charge in [-0.15, -0.1) is 0 Å². The summed E-state index contributed by atoms with van der Waals surface area (Å²) in [6.45, 7) is 0. The van der Waals surface area contributed by atoms with E-state index in [0.29, 0.717) is 10.9 Å². The number of imidazole rings is 1. The molecule has 0 aliphatic heterocycles. The normalized spacial score (nSPS) is 11.7. The minimum atomic E-state index is -1.02. The molecule has 25 heavy (non-hydrogen) atoms. The fourth-order valence-electron chi connectivity index (χ4n) is 2.23. The van der Waals surface area contributed by atoms with Crippen molar-refractivity contribution in [2.45, 2.75) is 5.16 Å². The van der Waals surface area contributed by atoms with E-state index in [4.69, 9.17) is 4.74 Å². The van der Waals surface area contributed by atoms with Gasteiger partial charge in [-0.25, -0.2) is 9.78 Å². The minimum absolute atomic E-state index is 0.156. The van der Waals surface area contributed by atoms with Crippen LogP contribution < -0.4 is 4.74 Å². The molecule has 3 aromatic rings. The molecule has 5 nitrogen and oxygen atoms in total. The van der Waals surface area contributed by atoms with Crippen LogP contribution in [0.3, 0.4) is 0 Å². The number of hydrogen-bond acceptors (Lipinski definition) is 4. The fraction of sp³-hybridized carbons (Fsp3) is 0.0588. The van der Waals surface area contributed by atoms with E-state index < -0.39 is 5.97 Å². The van der Waals surface area contributed by atoms with Gasteiger partial charge < -0.3 is 14.8 Å². The second-order valence-corrected chi connectivity index (χ2v) is 7.73. The summed E-state index contributed by atoms with van der Waals surface area (Å²) in [4.78, 5) is 19.3. The highest BCUT2D eigenvalue weighted by atomic mass is 79.9. The highest BCUT2D eigenvalue weighted by Gasteiger charge is 2.14. The molecule has 3 rings (SSSR count). The lowest BCUT2D eigenvalue weighted by Gasteiger charge is -2.08. The molecule has 8 heteroatoms. The van der Waals surface area contributed by atoms with Crippen molar-refractivity contribution in [2.75, 3.05) is 7.11 Å². The van der Waals surface area contributed by atoms with Gasteiger partial charge in [0, 0.05) is 0 Å². The zero-order chi connectivity index (χ0) is 18.0. The maximum atomic E-state index is 11.6. The molecule has 0 aliphatic rings. The molecule has 0 aliphatic carbocycles. The number of methoxy groups -OCH3 is 1. The number of rotatable bonds is 5. The Hall–Kier alpha value is -1.77. The van der Waals surface area contributed by atoms with Crippen LogP contribution in [0.5, 0.6) is 5.75 Å². The number of aliphatic carboxylic acids is 1. The number of carboxylic acids is 1. The second kappa shape index (κ2) is 7.63. The first-order valence-corrected chi connectivity index (χ1v) is 9.49. The van der Waals surface area contributed by atoms with Crippen LogP contribution in [-0.2, 0) is 4.79 Å².